The summed E-state index contributed by atoms with van der Waals surface area (Å²) in [5.74, 6) is 1.37. The van der Waals surface area contributed by atoms with Gasteiger partial charge in [-0.05, 0) is 37.5 Å². The second kappa shape index (κ2) is 7.86. The molecule has 1 aromatic carbocycles. The van der Waals surface area contributed by atoms with Crippen LogP contribution in [0.2, 0.25) is 10.0 Å². The van der Waals surface area contributed by atoms with Crippen LogP contribution in [0.5, 0.6) is 0 Å². The van der Waals surface area contributed by atoms with Gasteiger partial charge in [0.1, 0.15) is 12.4 Å². The minimum Gasteiger partial charge on any atom is -0.447 e. The Morgan fingerprint density at radius 1 is 1.19 bits per heavy atom. The molecule has 0 saturated carbocycles. The Morgan fingerprint density at radius 2 is 1.93 bits per heavy atom. The van der Waals surface area contributed by atoms with Crippen LogP contribution in [0.4, 0.5) is 16.7 Å². The summed E-state index contributed by atoms with van der Waals surface area (Å²) in [6, 6.07) is 5.19. The molecule has 0 bridgehead atoms. The first-order valence-electron chi connectivity index (χ1n) is 8.66. The van der Waals surface area contributed by atoms with Crippen LogP contribution >= 0.6 is 23.2 Å². The molecular formula is C18H21Cl2N5O2. The molecule has 1 aliphatic heterocycles. The van der Waals surface area contributed by atoms with E-state index in [0.717, 1.165) is 5.56 Å². The van der Waals surface area contributed by atoms with Crippen LogP contribution in [0, 0.1) is 12.8 Å². The number of carbonyl (C=O) groups excluding carboxylic acids is 1. The van der Waals surface area contributed by atoms with E-state index in [1.807, 2.05) is 26.8 Å². The van der Waals surface area contributed by atoms with Gasteiger partial charge in [0.05, 0.1) is 22.1 Å². The third kappa shape index (κ3) is 4.25. The number of hydrogen-bond acceptors (Lipinski definition) is 6. The Labute approximate surface area is 168 Å². The summed E-state index contributed by atoms with van der Waals surface area (Å²) in [4.78, 5) is 26.8. The predicted octanol–water partition coefficient (Wildman–Crippen LogP) is 4.64. The van der Waals surface area contributed by atoms with E-state index in [1.165, 1.54) is 4.90 Å². The number of benzene rings is 1. The summed E-state index contributed by atoms with van der Waals surface area (Å²) in [5, 5.41) is 4.21. The van der Waals surface area contributed by atoms with Crippen LogP contribution in [-0.2, 0) is 4.74 Å². The lowest BCUT2D eigenvalue weighted by Gasteiger charge is -2.23. The Balaban J connectivity index is 1.87. The molecule has 1 N–H and O–H groups in total. The lowest BCUT2D eigenvalue weighted by Crippen LogP contribution is -2.38. The normalized spacial score (nSPS) is 18.0. The minimum absolute atomic E-state index is 0.111. The number of nitrogens with one attached hydrogen (secondary N) is 1. The molecule has 27 heavy (non-hydrogen) atoms. The zero-order valence-electron chi connectivity index (χ0n) is 15.5. The van der Waals surface area contributed by atoms with E-state index in [0.29, 0.717) is 28.4 Å². The smallest absolute Gasteiger partial charge is 0.417 e. The van der Waals surface area contributed by atoms with Crippen molar-refractivity contribution >= 4 is 41.2 Å². The second-order valence-electron chi connectivity index (χ2n) is 6.80. The van der Waals surface area contributed by atoms with Crippen LogP contribution < -0.4 is 10.2 Å². The Morgan fingerprint density at radius 3 is 2.59 bits per heavy atom. The lowest BCUT2D eigenvalue weighted by molar-refractivity contribution is 0.177. The van der Waals surface area contributed by atoms with Gasteiger partial charge in [0.2, 0.25) is 11.9 Å². The molecule has 0 spiro atoms. The molecule has 7 nitrogen and oxygen atoms in total. The molecular weight excluding hydrogens is 389 g/mol. The Kier molecular flexibility index (Phi) is 5.72. The fraction of sp³-hybridized carbons (Fsp3) is 0.444. The number of anilines is 2. The maximum atomic E-state index is 12.2. The zero-order chi connectivity index (χ0) is 19.7. The highest BCUT2D eigenvalue weighted by Gasteiger charge is 2.38. The molecule has 1 unspecified atom stereocenters. The molecule has 2 heterocycles. The zero-order valence-corrected chi connectivity index (χ0v) is 17.0. The van der Waals surface area contributed by atoms with Gasteiger partial charge in [-0.25, -0.2) is 9.69 Å². The standard InChI is InChI=1S/C18H21Cl2N5O2/c1-9(2)15-8-27-18(26)25(15)17-23-11(4)22-16(24-17)21-10(3)12-5-6-13(19)14(20)7-12/h5-7,9-10,15H,8H2,1-4H3,(H,21,22,23,24)/t10-,15?/m0/s1. The monoisotopic (exact) mass is 409 g/mol. The van der Waals surface area contributed by atoms with E-state index in [2.05, 4.69) is 20.3 Å². The Bertz CT molecular complexity index is 862. The molecule has 2 aromatic rings. The van der Waals surface area contributed by atoms with Crippen molar-refractivity contribution < 1.29 is 9.53 Å². The lowest BCUT2D eigenvalue weighted by atomic mass is 10.1. The van der Waals surface area contributed by atoms with E-state index < -0.39 is 6.09 Å². The highest BCUT2D eigenvalue weighted by atomic mass is 35.5. The van der Waals surface area contributed by atoms with E-state index in [4.69, 9.17) is 27.9 Å². The van der Waals surface area contributed by atoms with Gasteiger partial charge < -0.3 is 10.1 Å². The molecule has 9 heteroatoms. The van der Waals surface area contributed by atoms with Crippen LogP contribution in [0.15, 0.2) is 18.2 Å². The number of amides is 1. The third-order valence-corrected chi connectivity index (χ3v) is 5.15. The molecule has 1 saturated heterocycles. The van der Waals surface area contributed by atoms with Gasteiger partial charge in [0.15, 0.2) is 0 Å². The third-order valence-electron chi connectivity index (χ3n) is 4.42. The SMILES string of the molecule is Cc1nc(N[C@@H](C)c2ccc(Cl)c(Cl)c2)nc(N2C(=O)OCC2C(C)C)n1. The number of halogens is 2. The molecule has 1 amide bonds. The number of hydrogen-bond donors (Lipinski definition) is 1. The average molecular weight is 410 g/mol. The molecule has 0 aliphatic carbocycles. The van der Waals surface area contributed by atoms with Gasteiger partial charge in [-0.2, -0.15) is 15.0 Å². The summed E-state index contributed by atoms with van der Waals surface area (Å²) in [6.07, 6.45) is -0.442. The van der Waals surface area contributed by atoms with E-state index in [-0.39, 0.29) is 23.9 Å². The minimum atomic E-state index is -0.442. The number of rotatable bonds is 5. The van der Waals surface area contributed by atoms with Crippen molar-refractivity contribution in [1.29, 1.82) is 0 Å². The second-order valence-corrected chi connectivity index (χ2v) is 7.62. The van der Waals surface area contributed by atoms with Crippen LogP contribution in [0.3, 0.4) is 0 Å². The summed E-state index contributed by atoms with van der Waals surface area (Å²) in [5.41, 5.74) is 0.935. The molecule has 2 atom stereocenters. The van der Waals surface area contributed by atoms with E-state index >= 15 is 0 Å². The first-order valence-corrected chi connectivity index (χ1v) is 9.42. The molecule has 3 rings (SSSR count). The Hall–Kier alpha value is -2.12. The fourth-order valence-electron chi connectivity index (χ4n) is 2.86. The van der Waals surface area contributed by atoms with Crippen LogP contribution in [0.1, 0.15) is 38.2 Å². The van der Waals surface area contributed by atoms with Crippen molar-refractivity contribution in [3.63, 3.8) is 0 Å². The maximum absolute atomic E-state index is 12.2. The topological polar surface area (TPSA) is 80.2 Å². The van der Waals surface area contributed by atoms with Crippen molar-refractivity contribution in [2.75, 3.05) is 16.8 Å². The summed E-state index contributed by atoms with van der Waals surface area (Å²) >= 11 is 12.1. The van der Waals surface area contributed by atoms with Crippen molar-refractivity contribution in [2.45, 2.75) is 39.8 Å². The van der Waals surface area contributed by atoms with Gasteiger partial charge in [0.25, 0.3) is 0 Å². The summed E-state index contributed by atoms with van der Waals surface area (Å²) < 4.78 is 5.19. The van der Waals surface area contributed by atoms with Gasteiger partial charge in [-0.15, -0.1) is 0 Å². The molecule has 144 valence electrons. The summed E-state index contributed by atoms with van der Waals surface area (Å²) in [6.45, 7) is 8.09. The highest BCUT2D eigenvalue weighted by molar-refractivity contribution is 6.42. The number of nitrogens with zero attached hydrogens (tertiary/aromatic N) is 4. The number of aromatic nitrogens is 3. The van der Waals surface area contributed by atoms with E-state index in [9.17, 15) is 4.79 Å². The van der Waals surface area contributed by atoms with Crippen LogP contribution in [-0.4, -0.2) is 33.7 Å². The fourth-order valence-corrected chi connectivity index (χ4v) is 3.16. The maximum Gasteiger partial charge on any atom is 0.417 e. The van der Waals surface area contributed by atoms with Gasteiger partial charge in [0, 0.05) is 0 Å². The molecule has 1 aliphatic rings. The van der Waals surface area contributed by atoms with Crippen molar-refractivity contribution in [2.24, 2.45) is 5.92 Å². The van der Waals surface area contributed by atoms with Crippen molar-refractivity contribution in [1.82, 2.24) is 15.0 Å². The quantitative estimate of drug-likeness (QED) is 0.774. The van der Waals surface area contributed by atoms with Gasteiger partial charge >= 0.3 is 6.09 Å². The van der Waals surface area contributed by atoms with Crippen molar-refractivity contribution in [3.8, 4) is 0 Å². The molecule has 1 aromatic heterocycles. The van der Waals surface area contributed by atoms with Gasteiger partial charge in [-0.1, -0.05) is 43.1 Å². The highest BCUT2D eigenvalue weighted by Crippen LogP contribution is 2.28. The number of ether oxygens (including phenoxy) is 1. The number of aryl methyl sites for hydroxylation is 1. The van der Waals surface area contributed by atoms with Crippen LogP contribution in [0.25, 0.3) is 0 Å². The first-order chi connectivity index (χ1) is 12.8. The molecule has 1 fully saturated rings. The van der Waals surface area contributed by atoms with Crippen molar-refractivity contribution in [3.05, 3.63) is 39.6 Å². The summed E-state index contributed by atoms with van der Waals surface area (Å²) in [7, 11) is 0. The van der Waals surface area contributed by atoms with Gasteiger partial charge in [-0.3, -0.25) is 0 Å². The predicted molar refractivity (Wildman–Crippen MR) is 106 cm³/mol. The number of carbonyl (C=O) groups is 1. The number of cyclic esters (lactones) is 1. The first kappa shape index (κ1) is 19.6. The van der Waals surface area contributed by atoms with E-state index in [1.54, 1.807) is 19.1 Å². The average Bonchev–Trinajstić information content (AvgIpc) is 2.98. The largest absolute Gasteiger partial charge is 0.447 e. The molecule has 0 radical (unpaired) electrons.